The molecule has 2 aromatic rings. The van der Waals surface area contributed by atoms with Crippen LogP contribution in [0.2, 0.25) is 0 Å². The van der Waals surface area contributed by atoms with Crippen molar-refractivity contribution < 1.29 is 27.5 Å². The number of esters is 1. The molecule has 1 saturated heterocycles. The molecule has 1 aromatic heterocycles. The SMILES string of the molecule is Cc1cc(C(=O)COC(=O)CNS(=O)(=O)c2ccc(C#N)cc2)c(C)n1C[C@@H]1CCCO1. The van der Waals surface area contributed by atoms with Crippen LogP contribution in [-0.4, -0.2) is 50.6 Å². The molecule has 0 amide bonds. The number of carbonyl (C=O) groups is 2. The summed E-state index contributed by atoms with van der Waals surface area (Å²) in [7, 11) is -3.95. The molecule has 0 aliphatic carbocycles. The van der Waals surface area contributed by atoms with Crippen molar-refractivity contribution in [3.63, 3.8) is 0 Å². The van der Waals surface area contributed by atoms with Crippen LogP contribution in [0.5, 0.6) is 0 Å². The number of aromatic nitrogens is 1. The fraction of sp³-hybridized carbons (Fsp3) is 0.409. The van der Waals surface area contributed by atoms with Crippen LogP contribution in [0, 0.1) is 25.2 Å². The first-order valence-corrected chi connectivity index (χ1v) is 11.7. The van der Waals surface area contributed by atoms with E-state index in [1.54, 1.807) is 6.07 Å². The van der Waals surface area contributed by atoms with Gasteiger partial charge in [0.15, 0.2) is 6.61 Å². The van der Waals surface area contributed by atoms with E-state index in [9.17, 15) is 18.0 Å². The van der Waals surface area contributed by atoms with Gasteiger partial charge >= 0.3 is 5.97 Å². The van der Waals surface area contributed by atoms with Gasteiger partial charge in [0.2, 0.25) is 15.8 Å². The van der Waals surface area contributed by atoms with Crippen LogP contribution in [0.1, 0.15) is 40.2 Å². The Balaban J connectivity index is 1.53. The van der Waals surface area contributed by atoms with E-state index in [-0.39, 0.29) is 16.8 Å². The largest absolute Gasteiger partial charge is 0.456 e. The van der Waals surface area contributed by atoms with Gasteiger partial charge in [-0.2, -0.15) is 9.98 Å². The van der Waals surface area contributed by atoms with Gasteiger partial charge in [-0.05, 0) is 57.0 Å². The molecule has 3 rings (SSSR count). The van der Waals surface area contributed by atoms with Crippen molar-refractivity contribution in [2.24, 2.45) is 0 Å². The number of hydrogen-bond acceptors (Lipinski definition) is 7. The maximum absolute atomic E-state index is 12.6. The molecule has 10 heteroatoms. The van der Waals surface area contributed by atoms with E-state index in [0.29, 0.717) is 17.7 Å². The number of sulfonamides is 1. The molecule has 1 aliphatic heterocycles. The van der Waals surface area contributed by atoms with Crippen molar-refractivity contribution in [2.75, 3.05) is 19.8 Å². The number of nitrogens with one attached hydrogen (secondary N) is 1. The maximum Gasteiger partial charge on any atom is 0.321 e. The van der Waals surface area contributed by atoms with Crippen LogP contribution < -0.4 is 4.72 Å². The van der Waals surface area contributed by atoms with Gasteiger partial charge in [0.25, 0.3) is 0 Å². The number of carbonyl (C=O) groups excluding carboxylic acids is 2. The summed E-state index contributed by atoms with van der Waals surface area (Å²) < 4.78 is 39.3. The first-order chi connectivity index (χ1) is 15.2. The maximum atomic E-state index is 12.6. The number of aryl methyl sites for hydroxylation is 1. The monoisotopic (exact) mass is 459 g/mol. The minimum absolute atomic E-state index is 0.0842. The number of Topliss-reactive ketones (excluding diaryl/α,β-unsaturated/α-hetero) is 1. The normalized spacial score (nSPS) is 16.0. The summed E-state index contributed by atoms with van der Waals surface area (Å²) in [5, 5.41) is 8.78. The molecule has 1 atom stereocenters. The van der Waals surface area contributed by atoms with Gasteiger partial charge in [-0.1, -0.05) is 0 Å². The molecule has 1 aliphatic rings. The number of ether oxygens (including phenoxy) is 2. The number of benzene rings is 1. The molecule has 0 saturated carbocycles. The van der Waals surface area contributed by atoms with Crippen molar-refractivity contribution in [3.8, 4) is 6.07 Å². The van der Waals surface area contributed by atoms with Gasteiger partial charge in [-0.15, -0.1) is 0 Å². The summed E-state index contributed by atoms with van der Waals surface area (Å²) in [6.45, 7) is 4.06. The second-order valence-electron chi connectivity index (χ2n) is 7.58. The average Bonchev–Trinajstić information content (AvgIpc) is 3.40. The highest BCUT2D eigenvalue weighted by Crippen LogP contribution is 2.20. The number of nitrogens with zero attached hydrogens (tertiary/aromatic N) is 2. The second kappa shape index (κ2) is 10.1. The van der Waals surface area contributed by atoms with Crippen LogP contribution in [0.3, 0.4) is 0 Å². The smallest absolute Gasteiger partial charge is 0.321 e. The first-order valence-electron chi connectivity index (χ1n) is 10.2. The zero-order chi connectivity index (χ0) is 23.3. The number of nitriles is 1. The predicted octanol–water partition coefficient (Wildman–Crippen LogP) is 1.86. The van der Waals surface area contributed by atoms with Gasteiger partial charge in [0, 0.05) is 30.1 Å². The lowest BCUT2D eigenvalue weighted by Gasteiger charge is -2.14. The lowest BCUT2D eigenvalue weighted by molar-refractivity contribution is -0.141. The van der Waals surface area contributed by atoms with Crippen LogP contribution >= 0.6 is 0 Å². The minimum Gasteiger partial charge on any atom is -0.456 e. The van der Waals surface area contributed by atoms with Crippen molar-refractivity contribution in [1.82, 2.24) is 9.29 Å². The molecule has 1 N–H and O–H groups in total. The summed E-state index contributed by atoms with van der Waals surface area (Å²) in [5.74, 6) is -1.23. The van der Waals surface area contributed by atoms with Crippen LogP contribution in [0.4, 0.5) is 0 Å². The molecule has 9 nitrogen and oxygen atoms in total. The number of rotatable bonds is 9. The molecule has 32 heavy (non-hydrogen) atoms. The van der Waals surface area contributed by atoms with E-state index in [0.717, 1.165) is 30.8 Å². The summed E-state index contributed by atoms with van der Waals surface area (Å²) in [6, 6.07) is 8.91. The van der Waals surface area contributed by atoms with Gasteiger partial charge in [0.1, 0.15) is 6.54 Å². The Kier molecular flexibility index (Phi) is 7.45. The summed E-state index contributed by atoms with van der Waals surface area (Å²) in [6.07, 6.45) is 2.14. The van der Waals surface area contributed by atoms with E-state index in [2.05, 4.69) is 4.72 Å². The third kappa shape index (κ3) is 5.62. The molecule has 2 heterocycles. The van der Waals surface area contributed by atoms with Gasteiger partial charge < -0.3 is 14.0 Å². The van der Waals surface area contributed by atoms with E-state index in [1.165, 1.54) is 24.3 Å². The minimum atomic E-state index is -3.95. The topological polar surface area (TPSA) is 127 Å². The third-order valence-electron chi connectivity index (χ3n) is 5.35. The van der Waals surface area contributed by atoms with Crippen molar-refractivity contribution in [3.05, 3.63) is 52.8 Å². The van der Waals surface area contributed by atoms with Gasteiger partial charge in [-0.3, -0.25) is 9.59 Å². The lowest BCUT2D eigenvalue weighted by atomic mass is 10.1. The zero-order valence-electron chi connectivity index (χ0n) is 18.0. The Morgan fingerprint density at radius 2 is 2.00 bits per heavy atom. The summed E-state index contributed by atoms with van der Waals surface area (Å²) >= 11 is 0. The fourth-order valence-corrected chi connectivity index (χ4v) is 4.55. The van der Waals surface area contributed by atoms with Crippen molar-refractivity contribution in [1.29, 1.82) is 5.26 Å². The molecule has 0 unspecified atom stereocenters. The first kappa shape index (κ1) is 23.7. The molecule has 0 radical (unpaired) electrons. The quantitative estimate of drug-likeness (QED) is 0.448. The summed E-state index contributed by atoms with van der Waals surface area (Å²) in [4.78, 5) is 24.5. The molecule has 1 aromatic carbocycles. The van der Waals surface area contributed by atoms with Gasteiger partial charge in [0.05, 0.1) is 22.6 Å². The van der Waals surface area contributed by atoms with E-state index >= 15 is 0 Å². The second-order valence-corrected chi connectivity index (χ2v) is 9.34. The molecule has 0 bridgehead atoms. The number of hydrogen-bond donors (Lipinski definition) is 1. The highest BCUT2D eigenvalue weighted by molar-refractivity contribution is 7.89. The van der Waals surface area contributed by atoms with Crippen LogP contribution in [0.25, 0.3) is 0 Å². The highest BCUT2D eigenvalue weighted by Gasteiger charge is 2.22. The average molecular weight is 460 g/mol. The lowest BCUT2D eigenvalue weighted by Crippen LogP contribution is -2.31. The Labute approximate surface area is 187 Å². The Morgan fingerprint density at radius 1 is 1.28 bits per heavy atom. The molecule has 0 spiro atoms. The van der Waals surface area contributed by atoms with E-state index in [1.807, 2.05) is 24.5 Å². The summed E-state index contributed by atoms with van der Waals surface area (Å²) in [5.41, 5.74) is 2.48. The molecule has 1 fully saturated rings. The Hall–Kier alpha value is -3.00. The third-order valence-corrected chi connectivity index (χ3v) is 6.77. The molecule has 170 valence electrons. The Bertz CT molecular complexity index is 1140. The van der Waals surface area contributed by atoms with E-state index < -0.39 is 29.1 Å². The highest BCUT2D eigenvalue weighted by atomic mass is 32.2. The van der Waals surface area contributed by atoms with Crippen LogP contribution in [0.15, 0.2) is 35.2 Å². The number of ketones is 1. The van der Waals surface area contributed by atoms with Crippen LogP contribution in [-0.2, 0) is 30.8 Å². The van der Waals surface area contributed by atoms with Crippen molar-refractivity contribution in [2.45, 2.75) is 44.2 Å². The zero-order valence-corrected chi connectivity index (χ0v) is 18.8. The molecular weight excluding hydrogens is 434 g/mol. The van der Waals surface area contributed by atoms with Gasteiger partial charge in [-0.25, -0.2) is 8.42 Å². The standard InChI is InChI=1S/C22H25N3O6S/c1-15-10-20(16(2)25(15)13-18-4-3-9-30-18)21(26)14-31-22(27)12-24-32(28,29)19-7-5-17(11-23)6-8-19/h5-8,10,18,24H,3-4,9,12-14H2,1-2H3/t18-/m0/s1. The fourth-order valence-electron chi connectivity index (χ4n) is 3.58. The van der Waals surface area contributed by atoms with E-state index in [4.69, 9.17) is 14.7 Å². The Morgan fingerprint density at radius 3 is 2.62 bits per heavy atom. The molecular formula is C22H25N3O6S. The predicted molar refractivity (Wildman–Crippen MR) is 115 cm³/mol. The van der Waals surface area contributed by atoms with Crippen molar-refractivity contribution >= 4 is 21.8 Å².